The maximum absolute atomic E-state index is 12.6. The van der Waals surface area contributed by atoms with Crippen molar-refractivity contribution in [1.82, 2.24) is 19.7 Å². The van der Waals surface area contributed by atoms with Gasteiger partial charge in [-0.25, -0.2) is 4.98 Å². The summed E-state index contributed by atoms with van der Waals surface area (Å²) in [5.41, 5.74) is 6.27. The van der Waals surface area contributed by atoms with Crippen LogP contribution in [0.2, 0.25) is 0 Å². The van der Waals surface area contributed by atoms with Gasteiger partial charge >= 0.3 is 0 Å². The van der Waals surface area contributed by atoms with Crippen LogP contribution in [0, 0.1) is 11.7 Å². The number of para-hydroxylation sites is 2. The van der Waals surface area contributed by atoms with Crippen molar-refractivity contribution in [1.29, 1.82) is 0 Å². The van der Waals surface area contributed by atoms with Crippen LogP contribution in [0.15, 0.2) is 66.7 Å². The van der Waals surface area contributed by atoms with E-state index in [-0.39, 0.29) is 5.91 Å². The molecule has 0 saturated carbocycles. The molecular weight excluding hydrogens is 380 g/mol. The molecule has 5 nitrogen and oxygen atoms in total. The molecule has 6 heteroatoms. The number of nitrogens with zero attached hydrogens (tertiary/aromatic N) is 2. The topological polar surface area (TPSA) is 62.2 Å². The summed E-state index contributed by atoms with van der Waals surface area (Å²) in [5, 5.41) is 3.89. The zero-order valence-corrected chi connectivity index (χ0v) is 16.6. The predicted octanol–water partition coefficient (Wildman–Crippen LogP) is 4.94. The quantitative estimate of drug-likeness (QED) is 0.423. The Morgan fingerprint density at radius 1 is 1.10 bits per heavy atom. The van der Waals surface area contributed by atoms with Gasteiger partial charge in [-0.05, 0) is 55.0 Å². The highest BCUT2D eigenvalue weighted by molar-refractivity contribution is 7.71. The van der Waals surface area contributed by atoms with E-state index in [4.69, 9.17) is 17.2 Å². The number of hydrogen-bond donors (Lipinski definition) is 2. The molecule has 2 N–H and O–H groups in total. The van der Waals surface area contributed by atoms with Crippen molar-refractivity contribution in [3.05, 3.63) is 88.2 Å². The smallest absolute Gasteiger partial charge is 0.251 e. The number of fused-ring (bicyclic) bond motifs is 5. The maximum atomic E-state index is 12.6. The van der Waals surface area contributed by atoms with Crippen LogP contribution in [0.25, 0.3) is 27.6 Å². The van der Waals surface area contributed by atoms with Gasteiger partial charge in [-0.15, -0.1) is 0 Å². The van der Waals surface area contributed by atoms with Crippen LogP contribution in [0.4, 0.5) is 0 Å². The molecule has 5 aromatic rings. The molecule has 0 aliphatic heterocycles. The Balaban J connectivity index is 1.52. The van der Waals surface area contributed by atoms with Crippen molar-refractivity contribution in [3.8, 4) is 0 Å². The first kappa shape index (κ1) is 17.6. The standard InChI is InChI=1S/C23H18N4OS/c1-14-6-8-15(9-7-14)13-24-22(28)16-10-11-17-19(12-16)26-23(29)27-20-5-3-2-4-18(20)25-21(17)27/h2-12H,13H2,1H3,(H,24,28)(H,26,29). The second kappa shape index (κ2) is 6.83. The van der Waals surface area contributed by atoms with Crippen LogP contribution in [0.3, 0.4) is 0 Å². The normalized spacial score (nSPS) is 11.3. The first-order valence-corrected chi connectivity index (χ1v) is 9.78. The highest BCUT2D eigenvalue weighted by Gasteiger charge is 2.12. The molecule has 0 spiro atoms. The van der Waals surface area contributed by atoms with E-state index in [0.29, 0.717) is 16.9 Å². The molecule has 0 unspecified atom stereocenters. The Hall–Kier alpha value is -3.51. The minimum Gasteiger partial charge on any atom is -0.348 e. The Morgan fingerprint density at radius 3 is 2.72 bits per heavy atom. The number of aromatic amines is 1. The Kier molecular flexibility index (Phi) is 4.14. The monoisotopic (exact) mass is 398 g/mol. The average molecular weight is 398 g/mol. The number of benzene rings is 3. The highest BCUT2D eigenvalue weighted by Crippen LogP contribution is 2.24. The largest absolute Gasteiger partial charge is 0.348 e. The number of carbonyl (C=O) groups is 1. The fraction of sp³-hybridized carbons (Fsp3) is 0.0870. The third-order valence-corrected chi connectivity index (χ3v) is 5.39. The molecular formula is C23H18N4OS. The Morgan fingerprint density at radius 2 is 1.90 bits per heavy atom. The first-order valence-electron chi connectivity index (χ1n) is 9.37. The van der Waals surface area contributed by atoms with Gasteiger partial charge in [-0.2, -0.15) is 0 Å². The second-order valence-electron chi connectivity index (χ2n) is 7.12. The van der Waals surface area contributed by atoms with Crippen LogP contribution >= 0.6 is 12.2 Å². The Bertz CT molecular complexity index is 1450. The predicted molar refractivity (Wildman–Crippen MR) is 118 cm³/mol. The molecule has 3 aromatic carbocycles. The summed E-state index contributed by atoms with van der Waals surface area (Å²) in [5.74, 6) is -0.125. The van der Waals surface area contributed by atoms with Crippen LogP contribution in [0.5, 0.6) is 0 Å². The lowest BCUT2D eigenvalue weighted by Crippen LogP contribution is -2.22. The van der Waals surface area contributed by atoms with Crippen molar-refractivity contribution in [3.63, 3.8) is 0 Å². The minimum atomic E-state index is -0.125. The van der Waals surface area contributed by atoms with Crippen molar-refractivity contribution in [2.24, 2.45) is 0 Å². The fourth-order valence-electron chi connectivity index (χ4n) is 3.56. The molecule has 0 saturated heterocycles. The van der Waals surface area contributed by atoms with E-state index >= 15 is 0 Å². The number of aromatic nitrogens is 3. The molecule has 0 atom stereocenters. The summed E-state index contributed by atoms with van der Waals surface area (Å²) in [4.78, 5) is 20.6. The maximum Gasteiger partial charge on any atom is 0.251 e. The zero-order chi connectivity index (χ0) is 20.0. The average Bonchev–Trinajstić information content (AvgIpc) is 3.13. The number of aryl methyl sites for hydroxylation is 1. The summed E-state index contributed by atoms with van der Waals surface area (Å²) in [6, 6.07) is 21.6. The van der Waals surface area contributed by atoms with Gasteiger partial charge in [0.15, 0.2) is 4.77 Å². The van der Waals surface area contributed by atoms with Crippen molar-refractivity contribution in [2.75, 3.05) is 0 Å². The molecule has 2 heterocycles. The van der Waals surface area contributed by atoms with Crippen molar-refractivity contribution >= 4 is 45.7 Å². The molecule has 0 fully saturated rings. The van der Waals surface area contributed by atoms with Crippen LogP contribution in [0.1, 0.15) is 21.5 Å². The number of carbonyl (C=O) groups excluding carboxylic acids is 1. The SMILES string of the molecule is Cc1ccc(CNC(=O)c2ccc3c(c2)[nH]c(=S)n2c4ccccc4nc32)cc1. The Labute approximate surface area is 172 Å². The highest BCUT2D eigenvalue weighted by atomic mass is 32.1. The molecule has 5 rings (SSSR count). The molecule has 0 aliphatic carbocycles. The van der Waals surface area contributed by atoms with Gasteiger partial charge in [-0.3, -0.25) is 9.20 Å². The van der Waals surface area contributed by atoms with Crippen LogP contribution < -0.4 is 5.32 Å². The van der Waals surface area contributed by atoms with E-state index in [9.17, 15) is 4.79 Å². The number of hydrogen-bond acceptors (Lipinski definition) is 3. The summed E-state index contributed by atoms with van der Waals surface area (Å²) < 4.78 is 2.49. The van der Waals surface area contributed by atoms with Gasteiger partial charge in [0.25, 0.3) is 5.91 Å². The third kappa shape index (κ3) is 3.07. The lowest BCUT2D eigenvalue weighted by Gasteiger charge is -2.08. The number of rotatable bonds is 3. The van der Waals surface area contributed by atoms with Gasteiger partial charge in [0.2, 0.25) is 0 Å². The van der Waals surface area contributed by atoms with E-state index in [0.717, 1.165) is 33.1 Å². The van der Waals surface area contributed by atoms with Gasteiger partial charge in [0, 0.05) is 17.5 Å². The first-order chi connectivity index (χ1) is 14.1. The van der Waals surface area contributed by atoms with Crippen LogP contribution in [-0.4, -0.2) is 20.3 Å². The molecule has 142 valence electrons. The van der Waals surface area contributed by atoms with Crippen molar-refractivity contribution in [2.45, 2.75) is 13.5 Å². The zero-order valence-electron chi connectivity index (χ0n) is 15.8. The lowest BCUT2D eigenvalue weighted by molar-refractivity contribution is 0.0951. The van der Waals surface area contributed by atoms with Gasteiger partial charge in [0.1, 0.15) is 5.65 Å². The third-order valence-electron chi connectivity index (χ3n) is 5.10. The number of amides is 1. The number of imidazole rings is 1. The van der Waals surface area contributed by atoms with Crippen LogP contribution in [-0.2, 0) is 6.54 Å². The molecule has 0 bridgehead atoms. The molecule has 0 radical (unpaired) electrons. The lowest BCUT2D eigenvalue weighted by atomic mass is 10.1. The van der Waals surface area contributed by atoms with Gasteiger partial charge in [-0.1, -0.05) is 42.0 Å². The molecule has 2 aromatic heterocycles. The molecule has 29 heavy (non-hydrogen) atoms. The van der Waals surface area contributed by atoms with Crippen molar-refractivity contribution < 1.29 is 4.79 Å². The summed E-state index contributed by atoms with van der Waals surface area (Å²) in [6.07, 6.45) is 0. The minimum absolute atomic E-state index is 0.125. The summed E-state index contributed by atoms with van der Waals surface area (Å²) in [6.45, 7) is 2.53. The van der Waals surface area contributed by atoms with Gasteiger partial charge in [0.05, 0.1) is 16.6 Å². The van der Waals surface area contributed by atoms with E-state index in [1.165, 1.54) is 5.56 Å². The van der Waals surface area contributed by atoms with E-state index in [1.54, 1.807) is 0 Å². The molecule has 0 aliphatic rings. The summed E-state index contributed by atoms with van der Waals surface area (Å²) in [7, 11) is 0. The van der Waals surface area contributed by atoms with Gasteiger partial charge < -0.3 is 10.3 Å². The van der Waals surface area contributed by atoms with E-state index in [1.807, 2.05) is 78.1 Å². The van der Waals surface area contributed by atoms with E-state index in [2.05, 4.69) is 10.3 Å². The number of H-pyrrole nitrogens is 1. The summed E-state index contributed by atoms with van der Waals surface area (Å²) >= 11 is 5.56. The second-order valence-corrected chi connectivity index (χ2v) is 7.51. The number of nitrogens with one attached hydrogen (secondary N) is 2. The fourth-order valence-corrected chi connectivity index (χ4v) is 3.85. The van der Waals surface area contributed by atoms with E-state index < -0.39 is 0 Å². The molecule has 1 amide bonds.